The molecule has 0 aromatic rings. The smallest absolute Gasteiger partial charge is 0.308 e. The van der Waals surface area contributed by atoms with Crippen LogP contribution in [0.25, 0.3) is 0 Å². The molecule has 2 saturated heterocycles. The van der Waals surface area contributed by atoms with Gasteiger partial charge in [-0.15, -0.1) is 0 Å². The van der Waals surface area contributed by atoms with Gasteiger partial charge in [-0.25, -0.2) is 0 Å². The maximum atomic E-state index is 11.0. The average Bonchev–Trinajstić information content (AvgIpc) is 2.69. The maximum absolute atomic E-state index is 11.0. The number of unbranched alkanes of at least 4 members (excludes halogenated alkanes) is 3. The molecule has 2 rings (SSSR count). The molecule has 3 heteroatoms. The topological polar surface area (TPSA) is 35.5 Å². The van der Waals surface area contributed by atoms with Gasteiger partial charge >= 0.3 is 5.97 Å². The predicted octanol–water partition coefficient (Wildman–Crippen LogP) is 2.43. The van der Waals surface area contributed by atoms with E-state index >= 15 is 0 Å². The SMILES string of the molecule is CCCCCC[C@H]1C[C@@H]2OC(=O)C[C@@H]2O1. The number of esters is 1. The highest BCUT2D eigenvalue weighted by molar-refractivity contribution is 5.72. The van der Waals surface area contributed by atoms with E-state index in [0.717, 1.165) is 12.8 Å². The predicted molar refractivity (Wildman–Crippen MR) is 56.5 cm³/mol. The van der Waals surface area contributed by atoms with Crippen LogP contribution in [0.2, 0.25) is 0 Å². The Kier molecular flexibility index (Phi) is 3.62. The first-order valence-corrected chi connectivity index (χ1v) is 6.14. The monoisotopic (exact) mass is 212 g/mol. The van der Waals surface area contributed by atoms with E-state index in [1.54, 1.807) is 0 Å². The van der Waals surface area contributed by atoms with Crippen LogP contribution in [-0.4, -0.2) is 24.3 Å². The molecule has 2 fully saturated rings. The van der Waals surface area contributed by atoms with E-state index in [2.05, 4.69) is 6.92 Å². The third-order valence-corrected chi connectivity index (χ3v) is 3.31. The van der Waals surface area contributed by atoms with Crippen molar-refractivity contribution in [2.24, 2.45) is 0 Å². The summed E-state index contributed by atoms with van der Waals surface area (Å²) in [5.74, 6) is -0.0885. The Morgan fingerprint density at radius 1 is 1.27 bits per heavy atom. The van der Waals surface area contributed by atoms with Crippen LogP contribution in [0, 0.1) is 0 Å². The second-order valence-corrected chi connectivity index (χ2v) is 4.61. The summed E-state index contributed by atoms with van der Waals surface area (Å²) in [6.45, 7) is 2.22. The van der Waals surface area contributed by atoms with E-state index < -0.39 is 0 Å². The summed E-state index contributed by atoms with van der Waals surface area (Å²) in [4.78, 5) is 11.0. The second-order valence-electron chi connectivity index (χ2n) is 4.61. The number of hydrogen-bond acceptors (Lipinski definition) is 3. The lowest BCUT2D eigenvalue weighted by atomic mass is 10.1. The summed E-state index contributed by atoms with van der Waals surface area (Å²) >= 11 is 0. The number of carbonyl (C=O) groups excluding carboxylic acids is 1. The Labute approximate surface area is 91.1 Å². The first-order chi connectivity index (χ1) is 7.29. The van der Waals surface area contributed by atoms with Crippen LogP contribution in [0.15, 0.2) is 0 Å². The van der Waals surface area contributed by atoms with Gasteiger partial charge in [0, 0.05) is 6.42 Å². The fourth-order valence-electron chi connectivity index (χ4n) is 2.47. The summed E-state index contributed by atoms with van der Waals surface area (Å²) in [6.07, 6.45) is 8.11. The fourth-order valence-corrected chi connectivity index (χ4v) is 2.47. The van der Waals surface area contributed by atoms with Gasteiger partial charge in [0.05, 0.1) is 12.5 Å². The molecule has 0 spiro atoms. The number of carbonyl (C=O) groups is 1. The van der Waals surface area contributed by atoms with Crippen LogP contribution in [0.5, 0.6) is 0 Å². The molecule has 0 amide bonds. The zero-order valence-corrected chi connectivity index (χ0v) is 9.41. The van der Waals surface area contributed by atoms with E-state index in [1.807, 2.05) is 0 Å². The minimum Gasteiger partial charge on any atom is -0.459 e. The molecule has 2 aliphatic rings. The van der Waals surface area contributed by atoms with E-state index in [-0.39, 0.29) is 18.2 Å². The molecule has 3 atom stereocenters. The van der Waals surface area contributed by atoms with Crippen molar-refractivity contribution in [1.82, 2.24) is 0 Å². The zero-order valence-electron chi connectivity index (χ0n) is 9.41. The quantitative estimate of drug-likeness (QED) is 0.518. The van der Waals surface area contributed by atoms with Gasteiger partial charge in [0.25, 0.3) is 0 Å². The Morgan fingerprint density at radius 3 is 2.87 bits per heavy atom. The van der Waals surface area contributed by atoms with E-state index in [0.29, 0.717) is 12.5 Å². The van der Waals surface area contributed by atoms with Gasteiger partial charge in [-0.1, -0.05) is 32.6 Å². The standard InChI is InChI=1S/C12H20O3/c1-2-3-4-5-6-9-7-10-11(14-9)8-12(13)15-10/h9-11H,2-8H2,1H3/t9-,10-,11-/m0/s1. The van der Waals surface area contributed by atoms with Crippen LogP contribution in [0.1, 0.15) is 51.9 Å². The Balaban J connectivity index is 1.64. The van der Waals surface area contributed by atoms with Gasteiger partial charge in [0.2, 0.25) is 0 Å². The molecule has 2 aliphatic heterocycles. The van der Waals surface area contributed by atoms with Crippen molar-refractivity contribution in [3.8, 4) is 0 Å². The normalized spacial score (nSPS) is 34.2. The van der Waals surface area contributed by atoms with Gasteiger partial charge in [-0.05, 0) is 6.42 Å². The van der Waals surface area contributed by atoms with Crippen molar-refractivity contribution in [1.29, 1.82) is 0 Å². The molecule has 0 aliphatic carbocycles. The highest BCUT2D eigenvalue weighted by Gasteiger charge is 2.43. The van der Waals surface area contributed by atoms with Gasteiger partial charge in [-0.3, -0.25) is 4.79 Å². The van der Waals surface area contributed by atoms with E-state index in [4.69, 9.17) is 9.47 Å². The molecule has 0 radical (unpaired) electrons. The molecule has 0 unspecified atom stereocenters. The number of fused-ring (bicyclic) bond motifs is 1. The largest absolute Gasteiger partial charge is 0.459 e. The lowest BCUT2D eigenvalue weighted by molar-refractivity contribution is -0.141. The zero-order chi connectivity index (χ0) is 10.7. The fraction of sp³-hybridized carbons (Fsp3) is 0.917. The first kappa shape index (κ1) is 10.9. The lowest BCUT2D eigenvalue weighted by Gasteiger charge is -2.10. The van der Waals surface area contributed by atoms with Crippen LogP contribution in [0.3, 0.4) is 0 Å². The molecule has 0 aromatic heterocycles. The number of rotatable bonds is 5. The second kappa shape index (κ2) is 4.97. The summed E-state index contributed by atoms with van der Waals surface area (Å²) in [7, 11) is 0. The molecule has 0 aromatic carbocycles. The van der Waals surface area contributed by atoms with Gasteiger partial charge in [-0.2, -0.15) is 0 Å². The third kappa shape index (κ3) is 2.71. The van der Waals surface area contributed by atoms with Crippen molar-refractivity contribution < 1.29 is 14.3 Å². The molecule has 0 bridgehead atoms. The van der Waals surface area contributed by atoms with Gasteiger partial charge < -0.3 is 9.47 Å². The first-order valence-electron chi connectivity index (χ1n) is 6.14. The Hall–Kier alpha value is -0.570. The Morgan fingerprint density at radius 2 is 2.13 bits per heavy atom. The van der Waals surface area contributed by atoms with E-state index in [9.17, 15) is 4.79 Å². The lowest BCUT2D eigenvalue weighted by Crippen LogP contribution is -2.13. The molecule has 0 saturated carbocycles. The molecular weight excluding hydrogens is 192 g/mol. The number of ether oxygens (including phenoxy) is 2. The maximum Gasteiger partial charge on any atom is 0.308 e. The van der Waals surface area contributed by atoms with Crippen LogP contribution >= 0.6 is 0 Å². The summed E-state index contributed by atoms with van der Waals surface area (Å²) in [5, 5.41) is 0. The molecule has 86 valence electrons. The van der Waals surface area contributed by atoms with Crippen molar-refractivity contribution in [2.75, 3.05) is 0 Å². The minimum absolute atomic E-state index is 0.0636. The van der Waals surface area contributed by atoms with Crippen molar-refractivity contribution in [3.05, 3.63) is 0 Å². The van der Waals surface area contributed by atoms with Crippen LogP contribution < -0.4 is 0 Å². The van der Waals surface area contributed by atoms with E-state index in [1.165, 1.54) is 25.7 Å². The summed E-state index contributed by atoms with van der Waals surface area (Å²) in [6, 6.07) is 0. The third-order valence-electron chi connectivity index (χ3n) is 3.31. The molecule has 15 heavy (non-hydrogen) atoms. The highest BCUT2D eigenvalue weighted by Crippen LogP contribution is 2.33. The summed E-state index contributed by atoms with van der Waals surface area (Å²) in [5.41, 5.74) is 0. The number of hydrogen-bond donors (Lipinski definition) is 0. The summed E-state index contributed by atoms with van der Waals surface area (Å²) < 4.78 is 11.0. The molecular formula is C12H20O3. The highest BCUT2D eigenvalue weighted by atomic mass is 16.6. The van der Waals surface area contributed by atoms with Crippen molar-refractivity contribution >= 4 is 5.97 Å². The average molecular weight is 212 g/mol. The Bertz CT molecular complexity index is 211. The molecule has 3 nitrogen and oxygen atoms in total. The minimum atomic E-state index is -0.0885. The van der Waals surface area contributed by atoms with Crippen LogP contribution in [-0.2, 0) is 14.3 Å². The molecule has 2 heterocycles. The van der Waals surface area contributed by atoms with Crippen molar-refractivity contribution in [3.63, 3.8) is 0 Å². The van der Waals surface area contributed by atoms with Gasteiger partial charge in [0.15, 0.2) is 0 Å². The van der Waals surface area contributed by atoms with Gasteiger partial charge in [0.1, 0.15) is 12.2 Å². The van der Waals surface area contributed by atoms with Crippen molar-refractivity contribution in [2.45, 2.75) is 70.2 Å². The van der Waals surface area contributed by atoms with Crippen LogP contribution in [0.4, 0.5) is 0 Å². The molecule has 0 N–H and O–H groups in total.